The summed E-state index contributed by atoms with van der Waals surface area (Å²) >= 11 is 0. The van der Waals surface area contributed by atoms with Crippen molar-refractivity contribution in [3.05, 3.63) is 89.0 Å². The van der Waals surface area contributed by atoms with E-state index in [0.717, 1.165) is 38.6 Å². The molecule has 0 saturated heterocycles. The van der Waals surface area contributed by atoms with E-state index < -0.39 is 0 Å². The van der Waals surface area contributed by atoms with Crippen molar-refractivity contribution in [1.29, 1.82) is 0 Å². The Labute approximate surface area is 168 Å². The molecule has 0 atom stereocenters. The Morgan fingerprint density at radius 1 is 0.862 bits per heavy atom. The van der Waals surface area contributed by atoms with Gasteiger partial charge in [0.05, 0.1) is 5.57 Å². The first-order chi connectivity index (χ1) is 14.1. The summed E-state index contributed by atoms with van der Waals surface area (Å²) in [6, 6.07) is 21.8. The van der Waals surface area contributed by atoms with Gasteiger partial charge < -0.3 is 10.6 Å². The van der Waals surface area contributed by atoms with Gasteiger partial charge in [-0.3, -0.25) is 9.59 Å². The molecule has 0 saturated carbocycles. The predicted molar refractivity (Wildman–Crippen MR) is 116 cm³/mol. The fourth-order valence-electron chi connectivity index (χ4n) is 4.47. The summed E-state index contributed by atoms with van der Waals surface area (Å²) in [6.45, 7) is 0.747. The Kier molecular flexibility index (Phi) is 3.96. The first-order valence-corrected chi connectivity index (χ1v) is 9.70. The van der Waals surface area contributed by atoms with E-state index in [0.29, 0.717) is 18.7 Å². The van der Waals surface area contributed by atoms with Crippen LogP contribution in [0.2, 0.25) is 0 Å². The van der Waals surface area contributed by atoms with E-state index >= 15 is 0 Å². The Morgan fingerprint density at radius 3 is 2.17 bits per heavy atom. The van der Waals surface area contributed by atoms with Gasteiger partial charge in [-0.25, -0.2) is 0 Å². The minimum atomic E-state index is -0.274. The molecule has 5 rings (SSSR count). The number of ketones is 1. The second-order valence-corrected chi connectivity index (χ2v) is 7.42. The van der Waals surface area contributed by atoms with Gasteiger partial charge in [0.25, 0.3) is 5.91 Å². The molecule has 142 valence electrons. The van der Waals surface area contributed by atoms with Crippen LogP contribution in [0.15, 0.2) is 72.3 Å². The number of amides is 1. The van der Waals surface area contributed by atoms with Crippen LogP contribution in [0, 0.1) is 0 Å². The lowest BCUT2D eigenvalue weighted by Crippen LogP contribution is -2.34. The molecular weight excluding hydrogens is 360 g/mol. The summed E-state index contributed by atoms with van der Waals surface area (Å²) in [5.74, 6) is -0.481. The van der Waals surface area contributed by atoms with Gasteiger partial charge >= 0.3 is 0 Å². The summed E-state index contributed by atoms with van der Waals surface area (Å²) < 4.78 is 0. The number of fused-ring (bicyclic) bond motifs is 3. The Morgan fingerprint density at radius 2 is 1.52 bits per heavy atom. The highest BCUT2D eigenvalue weighted by Gasteiger charge is 2.42. The minimum Gasteiger partial charge on any atom is -0.340 e. The number of nitrogens with two attached hydrogens (primary N) is 1. The Hall–Kier alpha value is -3.50. The first-order valence-electron chi connectivity index (χ1n) is 9.70. The lowest BCUT2D eigenvalue weighted by atomic mass is 9.95. The Bertz CT molecular complexity index is 1250. The number of allylic oxidation sites excluding steroid dienone is 3. The van der Waals surface area contributed by atoms with E-state index in [1.807, 2.05) is 54.6 Å². The third-order valence-electron chi connectivity index (χ3n) is 5.74. The number of benzene rings is 3. The molecule has 0 aliphatic heterocycles. The monoisotopic (exact) mass is 380 g/mol. The second-order valence-electron chi connectivity index (χ2n) is 7.42. The summed E-state index contributed by atoms with van der Waals surface area (Å²) in [5, 5.41) is 2.21. The third kappa shape index (κ3) is 2.43. The number of nitrogens with zero attached hydrogens (tertiary/aromatic N) is 1. The van der Waals surface area contributed by atoms with Crippen LogP contribution in [-0.4, -0.2) is 36.7 Å². The van der Waals surface area contributed by atoms with Crippen LogP contribution in [0.25, 0.3) is 27.5 Å². The molecule has 2 aliphatic rings. The van der Waals surface area contributed by atoms with Gasteiger partial charge in [-0.2, -0.15) is 0 Å². The lowest BCUT2D eigenvalue weighted by molar-refractivity contribution is -0.127. The maximum absolute atomic E-state index is 13.6. The molecule has 3 aromatic carbocycles. The molecule has 1 amide bonds. The normalized spacial score (nSPS) is 14.8. The molecule has 0 fully saturated rings. The molecule has 0 aromatic heterocycles. The number of carbonyl (C=O) groups excluding carboxylic acids is 2. The number of rotatable bonds is 4. The highest BCUT2D eigenvalue weighted by Crippen LogP contribution is 2.54. The Balaban J connectivity index is 1.84. The van der Waals surface area contributed by atoms with Gasteiger partial charge in [0.15, 0.2) is 5.78 Å². The van der Waals surface area contributed by atoms with Crippen molar-refractivity contribution in [3.8, 4) is 0 Å². The van der Waals surface area contributed by atoms with Gasteiger partial charge in [0, 0.05) is 36.9 Å². The van der Waals surface area contributed by atoms with Crippen molar-refractivity contribution in [2.75, 3.05) is 20.1 Å². The van der Waals surface area contributed by atoms with Gasteiger partial charge in [0.1, 0.15) is 0 Å². The molecule has 0 unspecified atom stereocenters. The average Bonchev–Trinajstić information content (AvgIpc) is 3.22. The van der Waals surface area contributed by atoms with Crippen LogP contribution in [0.1, 0.15) is 16.7 Å². The van der Waals surface area contributed by atoms with Crippen molar-refractivity contribution in [3.63, 3.8) is 0 Å². The molecule has 0 spiro atoms. The predicted octanol–water partition coefficient (Wildman–Crippen LogP) is 3.52. The molecule has 2 N–H and O–H groups in total. The van der Waals surface area contributed by atoms with Crippen molar-refractivity contribution in [2.45, 2.75) is 0 Å². The van der Waals surface area contributed by atoms with Crippen molar-refractivity contribution < 1.29 is 9.59 Å². The standard InChI is InChI=1S/C25H20N2O2/c1-27(14-13-26)25(29)23-22-18-12-6-10-15-9-5-11-17(19(15)18)21(22)20(24(23)28)16-7-3-2-4-8-16/h2-12H,13-14,26H2,1H3. The van der Waals surface area contributed by atoms with E-state index in [1.54, 1.807) is 7.05 Å². The summed E-state index contributed by atoms with van der Waals surface area (Å²) in [6.07, 6.45) is 0. The molecule has 4 nitrogen and oxygen atoms in total. The highest BCUT2D eigenvalue weighted by atomic mass is 16.2. The third-order valence-corrected chi connectivity index (χ3v) is 5.74. The minimum absolute atomic E-state index is 0.207. The lowest BCUT2D eigenvalue weighted by Gasteiger charge is -2.17. The summed E-state index contributed by atoms with van der Waals surface area (Å²) in [4.78, 5) is 28.4. The molecule has 29 heavy (non-hydrogen) atoms. The average molecular weight is 380 g/mol. The smallest absolute Gasteiger partial charge is 0.258 e. The highest BCUT2D eigenvalue weighted by molar-refractivity contribution is 6.56. The molecule has 0 radical (unpaired) electrons. The van der Waals surface area contributed by atoms with E-state index in [9.17, 15) is 9.59 Å². The van der Waals surface area contributed by atoms with Crippen LogP contribution < -0.4 is 5.73 Å². The fraction of sp³-hybridized carbons (Fsp3) is 0.120. The van der Waals surface area contributed by atoms with Crippen LogP contribution in [0.4, 0.5) is 0 Å². The van der Waals surface area contributed by atoms with E-state index in [2.05, 4.69) is 12.1 Å². The molecule has 2 aliphatic carbocycles. The molecule has 3 aromatic rings. The van der Waals surface area contributed by atoms with Gasteiger partial charge in [-0.15, -0.1) is 0 Å². The second kappa shape index (κ2) is 6.54. The van der Waals surface area contributed by atoms with E-state index in [4.69, 9.17) is 5.73 Å². The van der Waals surface area contributed by atoms with Crippen LogP contribution >= 0.6 is 0 Å². The van der Waals surface area contributed by atoms with E-state index in [-0.39, 0.29) is 17.3 Å². The fourth-order valence-corrected chi connectivity index (χ4v) is 4.47. The first kappa shape index (κ1) is 17.6. The molecule has 4 heteroatoms. The van der Waals surface area contributed by atoms with Gasteiger partial charge in [0.2, 0.25) is 0 Å². The van der Waals surface area contributed by atoms with Crippen LogP contribution in [0.3, 0.4) is 0 Å². The number of hydrogen-bond acceptors (Lipinski definition) is 3. The molecule has 0 heterocycles. The summed E-state index contributed by atoms with van der Waals surface area (Å²) in [7, 11) is 1.69. The quantitative estimate of drug-likeness (QED) is 0.705. The topological polar surface area (TPSA) is 63.4 Å². The zero-order chi connectivity index (χ0) is 20.1. The summed E-state index contributed by atoms with van der Waals surface area (Å²) in [5.41, 5.74) is 10.9. The van der Waals surface area contributed by atoms with Gasteiger partial charge in [-0.1, -0.05) is 66.7 Å². The number of likely N-dealkylation sites (N-methyl/N-ethyl adjacent to an activating group) is 1. The van der Waals surface area contributed by atoms with Crippen LogP contribution in [-0.2, 0) is 9.59 Å². The van der Waals surface area contributed by atoms with Crippen LogP contribution in [0.5, 0.6) is 0 Å². The maximum Gasteiger partial charge on any atom is 0.258 e. The zero-order valence-electron chi connectivity index (χ0n) is 16.1. The van der Waals surface area contributed by atoms with Crippen molar-refractivity contribution in [1.82, 2.24) is 4.90 Å². The number of hydrogen-bond donors (Lipinski definition) is 1. The molecular formula is C25H20N2O2. The maximum atomic E-state index is 13.6. The van der Waals surface area contributed by atoms with E-state index in [1.165, 1.54) is 4.90 Å². The SMILES string of the molecule is CN(CCN)C(=O)C1=C2C(=C(c3ccccc3)C1=O)c1cccc3cccc2c13. The van der Waals surface area contributed by atoms with Crippen molar-refractivity contribution >= 4 is 39.2 Å². The zero-order valence-corrected chi connectivity index (χ0v) is 16.1. The van der Waals surface area contributed by atoms with Gasteiger partial charge in [-0.05, 0) is 27.5 Å². The number of carbonyl (C=O) groups is 2. The van der Waals surface area contributed by atoms with Crippen molar-refractivity contribution in [2.24, 2.45) is 5.73 Å². The number of Topliss-reactive ketones (excluding diaryl/α,β-unsaturated/α-hetero) is 1. The largest absolute Gasteiger partial charge is 0.340 e. The molecule has 0 bridgehead atoms.